The normalized spacial score (nSPS) is 12.5. The Kier molecular flexibility index (Phi) is 5.54. The molecule has 4 heteroatoms. The van der Waals surface area contributed by atoms with Gasteiger partial charge in [-0.1, -0.05) is 18.2 Å². The number of hydrogen-bond acceptors (Lipinski definition) is 2. The van der Waals surface area contributed by atoms with Crippen molar-refractivity contribution in [1.82, 2.24) is 0 Å². The summed E-state index contributed by atoms with van der Waals surface area (Å²) in [5, 5.41) is 8.61. The highest BCUT2D eigenvalue weighted by Gasteiger charge is 1.89. The summed E-state index contributed by atoms with van der Waals surface area (Å²) < 4.78 is 0. The fraction of sp³-hybridized carbons (Fsp3) is 0.143. The molecule has 58 valence electrons. The summed E-state index contributed by atoms with van der Waals surface area (Å²) in [6.45, 7) is 3.38. The van der Waals surface area contributed by atoms with Crippen molar-refractivity contribution in [2.45, 2.75) is 0 Å². The molecule has 0 saturated heterocycles. The SMILES string of the molecule is C=CC(Cl)=N/C=C(/C#N)CCl. The molecule has 0 rings (SSSR count). The van der Waals surface area contributed by atoms with Gasteiger partial charge >= 0.3 is 0 Å². The minimum Gasteiger partial charge on any atom is -0.244 e. The fourth-order valence-corrected chi connectivity index (χ4v) is 0.463. The molecule has 0 N–H and O–H groups in total. The van der Waals surface area contributed by atoms with Gasteiger partial charge in [0.25, 0.3) is 0 Å². The van der Waals surface area contributed by atoms with Gasteiger partial charge in [0.05, 0.1) is 17.5 Å². The zero-order chi connectivity index (χ0) is 8.69. The molecule has 0 aliphatic heterocycles. The van der Waals surface area contributed by atoms with E-state index >= 15 is 0 Å². The molecule has 0 radical (unpaired) electrons. The van der Waals surface area contributed by atoms with Gasteiger partial charge in [-0.2, -0.15) is 5.26 Å². The number of alkyl halides is 1. The monoisotopic (exact) mass is 188 g/mol. The van der Waals surface area contributed by atoms with Gasteiger partial charge in [0.15, 0.2) is 0 Å². The molecule has 0 fully saturated rings. The first kappa shape index (κ1) is 10.2. The first-order valence-corrected chi connectivity index (χ1v) is 3.66. The number of allylic oxidation sites excluding steroid dienone is 2. The third-order valence-electron chi connectivity index (χ3n) is 0.800. The first-order chi connectivity index (χ1) is 5.24. The van der Waals surface area contributed by atoms with E-state index in [1.54, 1.807) is 0 Å². The number of nitrogens with zero attached hydrogens (tertiary/aromatic N) is 2. The van der Waals surface area contributed by atoms with Gasteiger partial charge in [0.1, 0.15) is 5.17 Å². The molecule has 0 aliphatic carbocycles. The summed E-state index contributed by atoms with van der Waals surface area (Å²) in [5.41, 5.74) is 0.367. The third kappa shape index (κ3) is 4.60. The standard InChI is InChI=1S/C7H6Cl2N2/c1-2-7(9)11-5-6(3-8)4-10/h2,5H,1,3H2/b6-5+,11-7?. The molecule has 0 saturated carbocycles. The summed E-state index contributed by atoms with van der Waals surface area (Å²) in [6, 6.07) is 1.86. The summed E-state index contributed by atoms with van der Waals surface area (Å²) in [4.78, 5) is 3.68. The highest BCUT2D eigenvalue weighted by atomic mass is 35.5. The molecule has 11 heavy (non-hydrogen) atoms. The van der Waals surface area contributed by atoms with Gasteiger partial charge in [0, 0.05) is 6.20 Å². The fourth-order valence-electron chi connectivity index (χ4n) is 0.286. The lowest BCUT2D eigenvalue weighted by Gasteiger charge is -1.85. The van der Waals surface area contributed by atoms with Crippen LogP contribution in [0.2, 0.25) is 0 Å². The summed E-state index contributed by atoms with van der Waals surface area (Å²) in [5.74, 6) is 0.140. The second kappa shape index (κ2) is 5.96. The van der Waals surface area contributed by atoms with Gasteiger partial charge < -0.3 is 0 Å². The van der Waals surface area contributed by atoms with Gasteiger partial charge in [-0.3, -0.25) is 0 Å². The van der Waals surface area contributed by atoms with Crippen molar-refractivity contribution in [3.63, 3.8) is 0 Å². The van der Waals surface area contributed by atoms with E-state index in [0.29, 0.717) is 5.57 Å². The van der Waals surface area contributed by atoms with Crippen molar-refractivity contribution >= 4 is 28.4 Å². The average molecular weight is 189 g/mol. The van der Waals surface area contributed by atoms with E-state index in [9.17, 15) is 0 Å². The molecule has 0 atom stereocenters. The number of aliphatic imine (C=N–C) groups is 1. The Morgan fingerprint density at radius 1 is 1.73 bits per heavy atom. The summed E-state index contributed by atoms with van der Waals surface area (Å²) >= 11 is 10.8. The van der Waals surface area contributed by atoms with Crippen LogP contribution in [0.1, 0.15) is 0 Å². The van der Waals surface area contributed by atoms with E-state index in [1.807, 2.05) is 6.07 Å². The zero-order valence-electron chi connectivity index (χ0n) is 5.72. The Hall–Kier alpha value is -0.780. The van der Waals surface area contributed by atoms with Crippen LogP contribution in [0.25, 0.3) is 0 Å². The largest absolute Gasteiger partial charge is 0.244 e. The molecular formula is C7H6Cl2N2. The molecule has 0 unspecified atom stereocenters. The van der Waals surface area contributed by atoms with Gasteiger partial charge in [0.2, 0.25) is 0 Å². The molecule has 0 aromatic carbocycles. The van der Waals surface area contributed by atoms with Crippen LogP contribution in [0.4, 0.5) is 0 Å². The quantitative estimate of drug-likeness (QED) is 0.381. The van der Waals surface area contributed by atoms with Crippen molar-refractivity contribution in [2.24, 2.45) is 4.99 Å². The summed E-state index contributed by atoms with van der Waals surface area (Å²) in [6.07, 6.45) is 2.69. The van der Waals surface area contributed by atoms with E-state index in [2.05, 4.69) is 11.6 Å². The van der Waals surface area contributed by atoms with Crippen molar-refractivity contribution in [2.75, 3.05) is 5.88 Å². The van der Waals surface area contributed by atoms with Crippen LogP contribution in [-0.2, 0) is 0 Å². The predicted octanol–water partition coefficient (Wildman–Crippen LogP) is 2.46. The van der Waals surface area contributed by atoms with Crippen molar-refractivity contribution in [3.8, 4) is 6.07 Å². The highest BCUT2D eigenvalue weighted by Crippen LogP contribution is 1.97. The lowest BCUT2D eigenvalue weighted by Crippen LogP contribution is -1.80. The lowest BCUT2D eigenvalue weighted by atomic mass is 10.4. The zero-order valence-corrected chi connectivity index (χ0v) is 7.23. The van der Waals surface area contributed by atoms with Gasteiger partial charge in [-0.15, -0.1) is 11.6 Å². The van der Waals surface area contributed by atoms with Gasteiger partial charge in [-0.05, 0) is 6.08 Å². The third-order valence-corrected chi connectivity index (χ3v) is 1.34. The molecule has 0 aromatic rings. The topological polar surface area (TPSA) is 36.1 Å². The molecule has 0 heterocycles. The maximum Gasteiger partial charge on any atom is 0.128 e. The van der Waals surface area contributed by atoms with E-state index in [-0.39, 0.29) is 11.1 Å². The van der Waals surface area contributed by atoms with Crippen LogP contribution >= 0.6 is 23.2 Å². The van der Waals surface area contributed by atoms with E-state index in [0.717, 1.165) is 0 Å². The maximum atomic E-state index is 8.37. The van der Waals surface area contributed by atoms with Crippen LogP contribution in [0.3, 0.4) is 0 Å². The molecule has 0 bridgehead atoms. The van der Waals surface area contributed by atoms with Crippen LogP contribution in [-0.4, -0.2) is 11.1 Å². The maximum absolute atomic E-state index is 8.37. The molecular weight excluding hydrogens is 183 g/mol. The van der Waals surface area contributed by atoms with Crippen LogP contribution in [0.5, 0.6) is 0 Å². The van der Waals surface area contributed by atoms with Crippen LogP contribution in [0, 0.1) is 11.3 Å². The molecule has 0 amide bonds. The smallest absolute Gasteiger partial charge is 0.128 e. The van der Waals surface area contributed by atoms with Crippen LogP contribution in [0.15, 0.2) is 29.4 Å². The predicted molar refractivity (Wildman–Crippen MR) is 47.9 cm³/mol. The van der Waals surface area contributed by atoms with Crippen molar-refractivity contribution in [1.29, 1.82) is 5.26 Å². The number of halogens is 2. The number of rotatable bonds is 3. The van der Waals surface area contributed by atoms with Crippen molar-refractivity contribution in [3.05, 3.63) is 24.4 Å². The average Bonchev–Trinajstić information content (AvgIpc) is 2.06. The second-order valence-corrected chi connectivity index (χ2v) is 2.21. The Labute approximate surface area is 75.4 Å². The number of hydrogen-bond donors (Lipinski definition) is 0. The van der Waals surface area contributed by atoms with E-state index < -0.39 is 0 Å². The van der Waals surface area contributed by atoms with E-state index in [4.69, 9.17) is 28.5 Å². The Morgan fingerprint density at radius 2 is 2.36 bits per heavy atom. The summed E-state index contributed by atoms with van der Waals surface area (Å²) in [7, 11) is 0. The Bertz CT molecular complexity index is 235. The number of nitriles is 1. The Balaban J connectivity index is 4.32. The van der Waals surface area contributed by atoms with Crippen molar-refractivity contribution < 1.29 is 0 Å². The molecule has 2 nitrogen and oxygen atoms in total. The van der Waals surface area contributed by atoms with E-state index in [1.165, 1.54) is 12.3 Å². The highest BCUT2D eigenvalue weighted by molar-refractivity contribution is 6.68. The molecule has 0 aliphatic rings. The molecule has 0 spiro atoms. The second-order valence-electron chi connectivity index (χ2n) is 1.56. The Morgan fingerprint density at radius 3 is 2.73 bits per heavy atom. The van der Waals surface area contributed by atoms with Crippen LogP contribution < -0.4 is 0 Å². The minimum absolute atomic E-state index is 0.140. The molecule has 0 aromatic heterocycles. The first-order valence-electron chi connectivity index (χ1n) is 2.75. The van der Waals surface area contributed by atoms with Gasteiger partial charge in [-0.25, -0.2) is 4.99 Å². The lowest BCUT2D eigenvalue weighted by molar-refractivity contribution is 1.40. The minimum atomic E-state index is 0.140.